The van der Waals surface area contributed by atoms with Crippen LogP contribution in [0.3, 0.4) is 0 Å². The van der Waals surface area contributed by atoms with E-state index in [9.17, 15) is 40.8 Å². The maximum absolute atomic E-state index is 12.6. The fraction of sp³-hybridized carbons (Fsp3) is 0.786. The van der Waals surface area contributed by atoms with Gasteiger partial charge >= 0.3 is 39.8 Å². The smallest absolute Gasteiger partial charge is 0.467 e. The van der Waals surface area contributed by atoms with E-state index in [1.807, 2.05) is 0 Å². The van der Waals surface area contributed by atoms with Crippen molar-refractivity contribution in [1.29, 1.82) is 1.34 Å². The van der Waals surface area contributed by atoms with Crippen LogP contribution in [0, 0.1) is 31.1 Å². The van der Waals surface area contributed by atoms with Gasteiger partial charge in [0.1, 0.15) is 17.3 Å². The van der Waals surface area contributed by atoms with E-state index in [1.165, 1.54) is 18.1 Å². The number of halogens is 5. The summed E-state index contributed by atoms with van der Waals surface area (Å²) in [6.45, 7) is 14.3. The Morgan fingerprint density at radius 3 is 1.65 bits per heavy atom. The first-order valence-electron chi connectivity index (χ1n) is 14.9. The van der Waals surface area contributed by atoms with E-state index in [4.69, 9.17) is 48.2 Å². The maximum Gasteiger partial charge on any atom is 0.523 e. The number of carbonyl (C=O) groups excluding carboxylic acids is 4. The standard InChI is InChI=1S/C14H22F3NO8S.C13H21NO5.CH2Cl2.BH.U/c1-9(26-27(21,22)14(15,16)17)13(10(19)23-5)8-18(6-7-24-13)11(20)25-12(2,3)4;1-6-13(10(15)17-5)9-14(7-8-18-13)11(16)19-12(2,3)4;2-1-3;;/h9H,6-8H2,1-5H3;6H,1,7-9H2,2-5H3;1H2;1H;/i;;;1D;. The summed E-state index contributed by atoms with van der Waals surface area (Å²) in [5, 5.41) is 0.194. The number of nitrogens with zero attached hydrogens (tertiary/aromatic N) is 2. The molecule has 2 radical (unpaired) electrons. The summed E-state index contributed by atoms with van der Waals surface area (Å²) < 4.78 is 100. The largest absolute Gasteiger partial charge is 0.523 e. The Hall–Kier alpha value is -1.46. The third kappa shape index (κ3) is 16.6. The van der Waals surface area contributed by atoms with Gasteiger partial charge in [0.25, 0.3) is 0 Å². The van der Waals surface area contributed by atoms with Gasteiger partial charge in [-0.2, -0.15) is 21.6 Å². The minimum atomic E-state index is -6.02. The van der Waals surface area contributed by atoms with Gasteiger partial charge < -0.3 is 38.2 Å². The molecule has 2 aliphatic rings. The predicted octanol–water partition coefficient (Wildman–Crippen LogP) is 3.54. The number of morpholine rings is 2. The molecule has 0 saturated carbocycles. The zero-order chi connectivity index (χ0) is 40.6. The zero-order valence-electron chi connectivity index (χ0n) is 30.9. The molecule has 3 atom stereocenters. The van der Waals surface area contributed by atoms with Crippen LogP contribution >= 0.6 is 23.2 Å². The van der Waals surface area contributed by atoms with E-state index >= 15 is 0 Å². The zero-order valence-corrected chi connectivity index (χ0v) is 36.4. The third-order valence-electron chi connectivity index (χ3n) is 6.20. The van der Waals surface area contributed by atoms with Crippen molar-refractivity contribution in [3.8, 4) is 0 Å². The molecule has 3 unspecified atom stereocenters. The number of rotatable bonds is 6. The average Bonchev–Trinajstić information content (AvgIpc) is 3.03. The fourth-order valence-electron chi connectivity index (χ4n) is 3.99. The Labute approximate surface area is 333 Å². The monoisotopic (exact) mass is 1030 g/mol. The first kappa shape index (κ1) is 51.6. The number of hydrogen-bond donors (Lipinski definition) is 0. The molecule has 2 amide bonds. The van der Waals surface area contributed by atoms with Gasteiger partial charge in [-0.15, -0.1) is 23.2 Å². The molecule has 0 aliphatic carbocycles. The number of esters is 2. The number of methoxy groups -OCH3 is 2. The molecule has 0 bridgehead atoms. The molecule has 2 saturated heterocycles. The summed E-state index contributed by atoms with van der Waals surface area (Å²) in [6.07, 6.45) is -1.92. The summed E-state index contributed by atoms with van der Waals surface area (Å²) >= 11 is 9.53. The molecule has 2 fully saturated rings. The number of amides is 2. The van der Waals surface area contributed by atoms with Crippen LogP contribution in [0.25, 0.3) is 0 Å². The van der Waals surface area contributed by atoms with Crippen LogP contribution in [0.5, 0.6) is 0 Å². The average molecular weight is 1030 g/mol. The van der Waals surface area contributed by atoms with Gasteiger partial charge in [-0.05, 0) is 55.9 Å². The van der Waals surface area contributed by atoms with Gasteiger partial charge in [-0.1, -0.05) is 6.58 Å². The van der Waals surface area contributed by atoms with Gasteiger partial charge in [0.15, 0.2) is 0 Å². The second-order valence-electron chi connectivity index (χ2n) is 12.2. The predicted molar refractivity (Wildman–Crippen MR) is 176 cm³/mol. The van der Waals surface area contributed by atoms with E-state index in [1.54, 1.807) is 41.5 Å². The van der Waals surface area contributed by atoms with Crippen molar-refractivity contribution in [2.24, 2.45) is 0 Å². The van der Waals surface area contributed by atoms with Gasteiger partial charge in [0.2, 0.25) is 11.2 Å². The van der Waals surface area contributed by atoms with Gasteiger partial charge in [0, 0.05) is 52.6 Å². The summed E-state index contributed by atoms with van der Waals surface area (Å²) in [5.41, 5.74) is -10.8. The molecule has 294 valence electrons. The first-order chi connectivity index (χ1) is 23.2. The van der Waals surface area contributed by atoms with Crippen molar-refractivity contribution in [3.05, 3.63) is 12.7 Å². The SMILES string of the molecule is C=CC1(C(=O)OC)CN(C(=O)OC(C)(C)C)CCO1.COC(=O)C1(C(C)OS(=O)(=O)C(F)(F)F)CN(C(=O)OC(C)(C)C)CCO1.ClCCl.[2H][B].[U]. The number of hydrogen-bond acceptors (Lipinski definition) is 13. The quantitative estimate of drug-likeness (QED) is 0.0720. The Kier molecular flexibility index (Phi) is 22.3. The number of alkyl halides is 5. The molecule has 0 aromatic rings. The minimum absolute atomic E-state index is 0. The van der Waals surface area contributed by atoms with Crippen molar-refractivity contribution in [1.82, 2.24) is 9.80 Å². The maximum atomic E-state index is 12.6. The van der Waals surface area contributed by atoms with Crippen molar-refractivity contribution in [3.63, 3.8) is 0 Å². The van der Waals surface area contributed by atoms with Crippen molar-refractivity contribution >= 4 is 65.8 Å². The van der Waals surface area contributed by atoms with Crippen LogP contribution in [0.2, 0.25) is 0 Å². The first-order valence-corrected chi connectivity index (χ1v) is 16.8. The second kappa shape index (κ2) is 22.0. The van der Waals surface area contributed by atoms with Crippen LogP contribution < -0.4 is 0 Å². The molecule has 0 aromatic heterocycles. The Morgan fingerprint density at radius 2 is 1.29 bits per heavy atom. The van der Waals surface area contributed by atoms with Crippen LogP contribution in [-0.4, -0.2) is 145 Å². The summed E-state index contributed by atoms with van der Waals surface area (Å²) in [4.78, 5) is 50.7. The van der Waals surface area contributed by atoms with E-state index in [0.29, 0.717) is 6.54 Å². The van der Waals surface area contributed by atoms with Gasteiger partial charge in [-0.3, -0.25) is 4.18 Å². The molecule has 2 rings (SSSR count). The van der Waals surface area contributed by atoms with Gasteiger partial charge in [0.05, 0.1) is 45.9 Å². The molecule has 15 nitrogen and oxygen atoms in total. The summed E-state index contributed by atoms with van der Waals surface area (Å²) in [6, 6.07) is 0. The van der Waals surface area contributed by atoms with E-state index < -0.39 is 74.8 Å². The third-order valence-corrected chi connectivity index (χ3v) is 7.31. The van der Waals surface area contributed by atoms with Gasteiger partial charge in [-0.25, -0.2) is 19.2 Å². The summed E-state index contributed by atoms with van der Waals surface area (Å²) in [5.74, 6) is -1.77. The summed E-state index contributed by atoms with van der Waals surface area (Å²) in [7, 11) is -0.0626. The molecule has 0 spiro atoms. The van der Waals surface area contributed by atoms with E-state index in [-0.39, 0.29) is 62.8 Å². The Bertz CT molecular complexity index is 1280. The molecule has 0 N–H and O–H groups in total. The molecular weight excluding hydrogens is 981 g/mol. The normalized spacial score (nSPS) is 21.4. The molecule has 51 heavy (non-hydrogen) atoms. The number of carbonyl (C=O) groups is 4. The van der Waals surface area contributed by atoms with Crippen LogP contribution in [0.1, 0.15) is 48.5 Å². The molecular formula is C28H46BCl2F3N2O13SU. The molecule has 2 heterocycles. The van der Waals surface area contributed by atoms with Crippen LogP contribution in [0.15, 0.2) is 12.7 Å². The van der Waals surface area contributed by atoms with Crippen molar-refractivity contribution in [2.45, 2.75) is 82.5 Å². The second-order valence-corrected chi connectivity index (χ2v) is 14.6. The van der Waals surface area contributed by atoms with Crippen molar-refractivity contribution < 1.29 is 104 Å². The van der Waals surface area contributed by atoms with Crippen LogP contribution in [0.4, 0.5) is 22.8 Å². The Morgan fingerprint density at radius 1 is 0.902 bits per heavy atom. The van der Waals surface area contributed by atoms with Crippen LogP contribution in [-0.2, 0) is 52.3 Å². The van der Waals surface area contributed by atoms with E-state index in [0.717, 1.165) is 18.9 Å². The van der Waals surface area contributed by atoms with E-state index in [2.05, 4.69) is 23.9 Å². The topological polar surface area (TPSA) is 174 Å². The molecule has 23 heteroatoms. The fourth-order valence-corrected chi connectivity index (χ4v) is 4.64. The number of ether oxygens (including phenoxy) is 6. The van der Waals surface area contributed by atoms with Crippen molar-refractivity contribution in [2.75, 3.05) is 59.0 Å². The Balaban J connectivity index is -0.000000841. The minimum Gasteiger partial charge on any atom is -0.467 e. The molecule has 2 aliphatic heterocycles. The molecule has 0 aromatic carbocycles.